The van der Waals surface area contributed by atoms with Crippen LogP contribution in [0.3, 0.4) is 0 Å². The lowest BCUT2D eigenvalue weighted by Crippen LogP contribution is -2.00. The molecule has 2 aromatic carbocycles. The number of anilines is 1. The Morgan fingerprint density at radius 1 is 1.21 bits per heavy atom. The van der Waals surface area contributed by atoms with Gasteiger partial charge in [0.25, 0.3) is 0 Å². The van der Waals surface area contributed by atoms with Gasteiger partial charge in [-0.05, 0) is 58.7 Å². The first-order chi connectivity index (χ1) is 9.06. The molecule has 0 aliphatic heterocycles. The molecule has 0 bridgehead atoms. The average molecular weight is 337 g/mol. The van der Waals surface area contributed by atoms with Crippen LogP contribution in [0, 0.1) is 6.92 Å². The van der Waals surface area contributed by atoms with Crippen molar-refractivity contribution in [3.63, 3.8) is 0 Å². The summed E-state index contributed by atoms with van der Waals surface area (Å²) in [4.78, 5) is 4.37. The summed E-state index contributed by atoms with van der Waals surface area (Å²) in [6.07, 6.45) is 0. The number of aryl methyl sites for hydroxylation is 1. The van der Waals surface area contributed by atoms with Gasteiger partial charge >= 0.3 is 0 Å². The van der Waals surface area contributed by atoms with Crippen LogP contribution < -0.4 is 5.73 Å². The van der Waals surface area contributed by atoms with Crippen molar-refractivity contribution in [3.05, 3.63) is 51.5 Å². The van der Waals surface area contributed by atoms with Crippen molar-refractivity contribution in [2.75, 3.05) is 5.73 Å². The van der Waals surface area contributed by atoms with E-state index < -0.39 is 0 Å². The highest BCUT2D eigenvalue weighted by Gasteiger charge is 2.11. The first-order valence-corrected chi connectivity index (χ1v) is 6.93. The lowest BCUT2D eigenvalue weighted by atomic mass is 10.2. The van der Waals surface area contributed by atoms with Crippen LogP contribution in [0.5, 0.6) is 0 Å². The third-order valence-electron chi connectivity index (χ3n) is 3.00. The summed E-state index contributed by atoms with van der Waals surface area (Å²) >= 11 is 9.53. The summed E-state index contributed by atoms with van der Waals surface area (Å²) in [5, 5.41) is 0.645. The Bertz CT molecular complexity index is 780. The highest BCUT2D eigenvalue weighted by molar-refractivity contribution is 9.10. The molecule has 1 aromatic heterocycles. The number of imidazole rings is 1. The molecule has 3 nitrogen and oxygen atoms in total. The Hall–Kier alpha value is -1.52. The number of benzene rings is 2. The number of nitrogens with two attached hydrogens (primary N) is 1. The van der Waals surface area contributed by atoms with Gasteiger partial charge in [-0.15, -0.1) is 0 Å². The van der Waals surface area contributed by atoms with Gasteiger partial charge < -0.3 is 5.73 Å². The Morgan fingerprint density at radius 3 is 2.74 bits per heavy atom. The zero-order chi connectivity index (χ0) is 13.6. The van der Waals surface area contributed by atoms with Gasteiger partial charge in [-0.2, -0.15) is 0 Å². The van der Waals surface area contributed by atoms with Crippen LogP contribution in [0.15, 0.2) is 40.9 Å². The highest BCUT2D eigenvalue weighted by Crippen LogP contribution is 2.29. The van der Waals surface area contributed by atoms with Crippen molar-refractivity contribution in [3.8, 4) is 5.69 Å². The number of nitrogens with zero attached hydrogens (tertiary/aromatic N) is 2. The van der Waals surface area contributed by atoms with E-state index in [1.54, 1.807) is 0 Å². The molecule has 0 atom stereocenters. The molecule has 3 rings (SSSR count). The zero-order valence-corrected chi connectivity index (χ0v) is 12.5. The molecule has 0 aliphatic rings. The number of halogens is 2. The average Bonchev–Trinajstić information content (AvgIpc) is 2.68. The Morgan fingerprint density at radius 2 is 2.00 bits per heavy atom. The summed E-state index contributed by atoms with van der Waals surface area (Å²) in [6, 6.07) is 11.8. The molecule has 0 saturated carbocycles. The predicted octanol–water partition coefficient (Wildman–Crippen LogP) is 4.33. The standard InChI is InChI=1S/C14H11BrClN3/c1-8-2-5-12-13(6-8)19(14(17)18-12)9-3-4-10(15)11(16)7-9/h2-7H,1H3,(H2,17,18). The van der Waals surface area contributed by atoms with Crippen LogP contribution >= 0.6 is 27.5 Å². The monoisotopic (exact) mass is 335 g/mol. The van der Waals surface area contributed by atoms with E-state index in [1.807, 2.05) is 41.8 Å². The second kappa shape index (κ2) is 4.54. The fourth-order valence-corrected chi connectivity index (χ4v) is 2.52. The van der Waals surface area contributed by atoms with E-state index in [-0.39, 0.29) is 0 Å². The van der Waals surface area contributed by atoms with Crippen molar-refractivity contribution < 1.29 is 0 Å². The van der Waals surface area contributed by atoms with E-state index in [4.69, 9.17) is 17.3 Å². The van der Waals surface area contributed by atoms with Gasteiger partial charge in [0.15, 0.2) is 0 Å². The number of hydrogen-bond acceptors (Lipinski definition) is 2. The van der Waals surface area contributed by atoms with Crippen LogP contribution in [0.1, 0.15) is 5.56 Å². The molecule has 19 heavy (non-hydrogen) atoms. The maximum absolute atomic E-state index is 6.14. The van der Waals surface area contributed by atoms with Gasteiger partial charge in [-0.25, -0.2) is 4.98 Å². The molecule has 0 unspecified atom stereocenters. The van der Waals surface area contributed by atoms with E-state index in [2.05, 4.69) is 27.0 Å². The third kappa shape index (κ3) is 2.11. The van der Waals surface area contributed by atoms with E-state index >= 15 is 0 Å². The second-order valence-corrected chi connectivity index (χ2v) is 5.66. The number of aromatic nitrogens is 2. The normalized spacial score (nSPS) is 11.1. The second-order valence-electron chi connectivity index (χ2n) is 4.40. The number of hydrogen-bond donors (Lipinski definition) is 1. The fourth-order valence-electron chi connectivity index (χ4n) is 2.10. The summed E-state index contributed by atoms with van der Waals surface area (Å²) in [5.41, 5.74) is 9.95. The number of nitrogen functional groups attached to an aromatic ring is 1. The first kappa shape index (κ1) is 12.5. The summed E-state index contributed by atoms with van der Waals surface area (Å²) in [5.74, 6) is 0.457. The van der Waals surface area contributed by atoms with Gasteiger partial charge in [0, 0.05) is 4.47 Å². The van der Waals surface area contributed by atoms with E-state index in [1.165, 1.54) is 0 Å². The van der Waals surface area contributed by atoms with E-state index in [9.17, 15) is 0 Å². The summed E-state index contributed by atoms with van der Waals surface area (Å²) in [6.45, 7) is 2.04. The third-order valence-corrected chi connectivity index (χ3v) is 4.23. The molecule has 0 fully saturated rings. The van der Waals surface area contributed by atoms with Crippen LogP contribution in [0.25, 0.3) is 16.7 Å². The molecule has 2 N–H and O–H groups in total. The Labute approximate surface area is 124 Å². The molecular weight excluding hydrogens is 326 g/mol. The number of fused-ring (bicyclic) bond motifs is 1. The minimum Gasteiger partial charge on any atom is -0.369 e. The molecule has 0 saturated heterocycles. The van der Waals surface area contributed by atoms with Gasteiger partial charge in [-0.1, -0.05) is 17.7 Å². The lowest BCUT2D eigenvalue weighted by molar-refractivity contribution is 1.11. The lowest BCUT2D eigenvalue weighted by Gasteiger charge is -2.08. The SMILES string of the molecule is Cc1ccc2nc(N)n(-c3ccc(Br)c(Cl)c3)c2c1. The van der Waals surface area contributed by atoms with Gasteiger partial charge in [0.05, 0.1) is 21.7 Å². The predicted molar refractivity (Wildman–Crippen MR) is 82.9 cm³/mol. The minimum atomic E-state index is 0.457. The zero-order valence-electron chi connectivity index (χ0n) is 10.2. The van der Waals surface area contributed by atoms with Crippen molar-refractivity contribution in [1.29, 1.82) is 0 Å². The van der Waals surface area contributed by atoms with Crippen LogP contribution in [-0.4, -0.2) is 9.55 Å². The van der Waals surface area contributed by atoms with Crippen LogP contribution in [0.4, 0.5) is 5.95 Å². The molecule has 0 radical (unpaired) electrons. The molecule has 0 amide bonds. The maximum Gasteiger partial charge on any atom is 0.205 e. The maximum atomic E-state index is 6.14. The molecular formula is C14H11BrClN3. The molecule has 1 heterocycles. The smallest absolute Gasteiger partial charge is 0.205 e. The van der Waals surface area contributed by atoms with Crippen molar-refractivity contribution in [1.82, 2.24) is 9.55 Å². The van der Waals surface area contributed by atoms with Crippen LogP contribution in [-0.2, 0) is 0 Å². The minimum absolute atomic E-state index is 0.457. The molecule has 3 aromatic rings. The fraction of sp³-hybridized carbons (Fsp3) is 0.0714. The van der Waals surface area contributed by atoms with E-state index in [0.717, 1.165) is 26.8 Å². The Balaban J connectivity index is 2.31. The largest absolute Gasteiger partial charge is 0.369 e. The molecule has 5 heteroatoms. The first-order valence-electron chi connectivity index (χ1n) is 5.76. The quantitative estimate of drug-likeness (QED) is 0.718. The van der Waals surface area contributed by atoms with E-state index in [0.29, 0.717) is 11.0 Å². The summed E-state index contributed by atoms with van der Waals surface area (Å²) in [7, 11) is 0. The van der Waals surface area contributed by atoms with Crippen molar-refractivity contribution in [2.24, 2.45) is 0 Å². The molecule has 0 aliphatic carbocycles. The van der Waals surface area contributed by atoms with Gasteiger partial charge in [-0.3, -0.25) is 4.57 Å². The molecule has 0 spiro atoms. The van der Waals surface area contributed by atoms with Gasteiger partial charge in [0.2, 0.25) is 5.95 Å². The topological polar surface area (TPSA) is 43.8 Å². The molecule has 96 valence electrons. The van der Waals surface area contributed by atoms with Crippen molar-refractivity contribution in [2.45, 2.75) is 6.92 Å². The van der Waals surface area contributed by atoms with Crippen molar-refractivity contribution >= 4 is 44.5 Å². The highest BCUT2D eigenvalue weighted by atomic mass is 79.9. The number of rotatable bonds is 1. The summed E-state index contributed by atoms with van der Waals surface area (Å²) < 4.78 is 2.76. The van der Waals surface area contributed by atoms with Gasteiger partial charge in [0.1, 0.15) is 0 Å². The van der Waals surface area contributed by atoms with Crippen LogP contribution in [0.2, 0.25) is 5.02 Å². The Kier molecular flexibility index (Phi) is 2.99.